The quantitative estimate of drug-likeness (QED) is 0.751. The Morgan fingerprint density at radius 3 is 2.60 bits per heavy atom. The second kappa shape index (κ2) is 7.66. The molecule has 1 amide bonds. The maximum absolute atomic E-state index is 12.1. The number of benzene rings is 2. The van der Waals surface area contributed by atoms with Crippen LogP contribution in [-0.2, 0) is 11.3 Å². The summed E-state index contributed by atoms with van der Waals surface area (Å²) in [5.41, 5.74) is 3.18. The maximum Gasteiger partial charge on any atom is 0.242 e. The van der Waals surface area contributed by atoms with Crippen LogP contribution in [0.3, 0.4) is 0 Å². The van der Waals surface area contributed by atoms with Gasteiger partial charge in [-0.2, -0.15) is 5.10 Å². The number of carbonyl (C=O) groups is 1. The molecule has 0 spiro atoms. The maximum atomic E-state index is 12.1. The second-order valence-corrected chi connectivity index (χ2v) is 5.82. The SMILES string of the molecule is COc1ccccc1-c1ccc([C@H](C)NC(=O)Cn2cccn2)cc1. The number of methoxy groups -OCH3 is 1. The highest BCUT2D eigenvalue weighted by atomic mass is 16.5. The van der Waals surface area contributed by atoms with Gasteiger partial charge in [-0.05, 0) is 30.2 Å². The van der Waals surface area contributed by atoms with Gasteiger partial charge in [-0.1, -0.05) is 42.5 Å². The molecule has 0 aliphatic heterocycles. The zero-order chi connectivity index (χ0) is 17.6. The molecule has 1 atom stereocenters. The number of hydrogen-bond donors (Lipinski definition) is 1. The van der Waals surface area contributed by atoms with Crippen molar-refractivity contribution in [2.45, 2.75) is 19.5 Å². The minimum Gasteiger partial charge on any atom is -0.496 e. The first-order valence-corrected chi connectivity index (χ1v) is 8.17. The van der Waals surface area contributed by atoms with Gasteiger partial charge < -0.3 is 10.1 Å². The molecule has 0 bridgehead atoms. The Kier molecular flexibility index (Phi) is 5.14. The average Bonchev–Trinajstić information content (AvgIpc) is 3.14. The smallest absolute Gasteiger partial charge is 0.242 e. The van der Waals surface area contributed by atoms with Crippen molar-refractivity contribution in [3.63, 3.8) is 0 Å². The molecule has 25 heavy (non-hydrogen) atoms. The Morgan fingerprint density at radius 1 is 1.16 bits per heavy atom. The van der Waals surface area contributed by atoms with Crippen LogP contribution in [0.2, 0.25) is 0 Å². The van der Waals surface area contributed by atoms with Crippen molar-refractivity contribution in [2.75, 3.05) is 7.11 Å². The molecule has 1 aromatic heterocycles. The van der Waals surface area contributed by atoms with Crippen LogP contribution in [0.15, 0.2) is 67.0 Å². The molecule has 3 rings (SSSR count). The van der Waals surface area contributed by atoms with Gasteiger partial charge in [0.25, 0.3) is 0 Å². The predicted molar refractivity (Wildman–Crippen MR) is 97.2 cm³/mol. The van der Waals surface area contributed by atoms with E-state index in [0.29, 0.717) is 0 Å². The van der Waals surface area contributed by atoms with Crippen LogP contribution in [0.4, 0.5) is 0 Å². The molecule has 0 aliphatic carbocycles. The summed E-state index contributed by atoms with van der Waals surface area (Å²) in [4.78, 5) is 12.1. The topological polar surface area (TPSA) is 56.1 Å². The van der Waals surface area contributed by atoms with Crippen molar-refractivity contribution in [1.29, 1.82) is 0 Å². The van der Waals surface area contributed by atoms with E-state index in [4.69, 9.17) is 4.74 Å². The first-order chi connectivity index (χ1) is 12.2. The van der Waals surface area contributed by atoms with Crippen LogP contribution >= 0.6 is 0 Å². The van der Waals surface area contributed by atoms with Crippen molar-refractivity contribution < 1.29 is 9.53 Å². The van der Waals surface area contributed by atoms with Crippen LogP contribution in [0.25, 0.3) is 11.1 Å². The average molecular weight is 335 g/mol. The third-order valence-electron chi connectivity index (χ3n) is 4.07. The molecule has 1 heterocycles. The lowest BCUT2D eigenvalue weighted by Gasteiger charge is -2.15. The monoisotopic (exact) mass is 335 g/mol. The normalized spacial score (nSPS) is 11.8. The van der Waals surface area contributed by atoms with Crippen molar-refractivity contribution >= 4 is 5.91 Å². The van der Waals surface area contributed by atoms with Gasteiger partial charge in [-0.15, -0.1) is 0 Å². The number of ether oxygens (including phenoxy) is 1. The fourth-order valence-corrected chi connectivity index (χ4v) is 2.75. The minimum absolute atomic E-state index is 0.0648. The van der Waals surface area contributed by atoms with Gasteiger partial charge in [0.2, 0.25) is 5.91 Å². The van der Waals surface area contributed by atoms with Gasteiger partial charge in [0.1, 0.15) is 12.3 Å². The number of rotatable bonds is 6. The van der Waals surface area contributed by atoms with Gasteiger partial charge in [-0.3, -0.25) is 9.48 Å². The van der Waals surface area contributed by atoms with Gasteiger partial charge in [0, 0.05) is 18.0 Å². The minimum atomic E-state index is -0.0743. The van der Waals surface area contributed by atoms with E-state index >= 15 is 0 Å². The van der Waals surface area contributed by atoms with E-state index in [9.17, 15) is 4.79 Å². The zero-order valence-corrected chi connectivity index (χ0v) is 14.3. The van der Waals surface area contributed by atoms with E-state index < -0.39 is 0 Å². The molecular formula is C20H21N3O2. The molecule has 2 aromatic carbocycles. The summed E-state index contributed by atoms with van der Waals surface area (Å²) in [6.45, 7) is 2.19. The number of nitrogens with zero attached hydrogens (tertiary/aromatic N) is 2. The van der Waals surface area contributed by atoms with Gasteiger partial charge >= 0.3 is 0 Å². The summed E-state index contributed by atoms with van der Waals surface area (Å²) in [7, 11) is 1.67. The third-order valence-corrected chi connectivity index (χ3v) is 4.07. The number of para-hydroxylation sites is 1. The molecule has 0 saturated heterocycles. The third kappa shape index (κ3) is 4.07. The first kappa shape index (κ1) is 16.8. The summed E-state index contributed by atoms with van der Waals surface area (Å²) in [6.07, 6.45) is 3.43. The Hall–Kier alpha value is -3.08. The lowest BCUT2D eigenvalue weighted by Crippen LogP contribution is -2.30. The molecule has 5 heteroatoms. The second-order valence-electron chi connectivity index (χ2n) is 5.82. The number of aromatic nitrogens is 2. The molecule has 0 radical (unpaired) electrons. The Balaban J connectivity index is 1.68. The van der Waals surface area contributed by atoms with E-state index in [1.54, 1.807) is 30.3 Å². The van der Waals surface area contributed by atoms with Crippen molar-refractivity contribution in [2.24, 2.45) is 0 Å². The molecule has 1 N–H and O–H groups in total. The predicted octanol–water partition coefficient (Wildman–Crippen LogP) is 3.44. The summed E-state index contributed by atoms with van der Waals surface area (Å²) >= 11 is 0. The lowest BCUT2D eigenvalue weighted by atomic mass is 10.0. The number of amides is 1. The highest BCUT2D eigenvalue weighted by Gasteiger charge is 2.11. The lowest BCUT2D eigenvalue weighted by molar-refractivity contribution is -0.122. The van der Waals surface area contributed by atoms with E-state index in [1.807, 2.05) is 55.5 Å². The van der Waals surface area contributed by atoms with Crippen molar-refractivity contribution in [3.8, 4) is 16.9 Å². The number of nitrogens with one attached hydrogen (secondary N) is 1. The number of hydrogen-bond acceptors (Lipinski definition) is 3. The zero-order valence-electron chi connectivity index (χ0n) is 14.3. The molecule has 0 fully saturated rings. The summed E-state index contributed by atoms with van der Waals surface area (Å²) in [6, 6.07) is 17.8. The Morgan fingerprint density at radius 2 is 1.92 bits per heavy atom. The van der Waals surface area contributed by atoms with Crippen LogP contribution in [0.5, 0.6) is 5.75 Å². The van der Waals surface area contributed by atoms with E-state index in [1.165, 1.54) is 0 Å². The van der Waals surface area contributed by atoms with Crippen LogP contribution in [0.1, 0.15) is 18.5 Å². The molecule has 128 valence electrons. The van der Waals surface area contributed by atoms with E-state index in [2.05, 4.69) is 10.4 Å². The largest absolute Gasteiger partial charge is 0.496 e. The summed E-state index contributed by atoms with van der Waals surface area (Å²) in [5, 5.41) is 7.03. The van der Waals surface area contributed by atoms with Crippen molar-refractivity contribution in [3.05, 3.63) is 72.6 Å². The summed E-state index contributed by atoms with van der Waals surface area (Å²) in [5.74, 6) is 0.779. The van der Waals surface area contributed by atoms with Gasteiger partial charge in [-0.25, -0.2) is 0 Å². The van der Waals surface area contributed by atoms with Crippen molar-refractivity contribution in [1.82, 2.24) is 15.1 Å². The van der Waals surface area contributed by atoms with E-state index in [0.717, 1.165) is 22.4 Å². The van der Waals surface area contributed by atoms with Gasteiger partial charge in [0.05, 0.1) is 13.2 Å². The number of carbonyl (C=O) groups excluding carboxylic acids is 1. The van der Waals surface area contributed by atoms with Crippen LogP contribution in [0, 0.1) is 0 Å². The molecule has 0 aliphatic rings. The molecule has 0 saturated carbocycles. The molecular weight excluding hydrogens is 314 g/mol. The fourth-order valence-electron chi connectivity index (χ4n) is 2.75. The van der Waals surface area contributed by atoms with Crippen LogP contribution < -0.4 is 10.1 Å². The van der Waals surface area contributed by atoms with Gasteiger partial charge in [0.15, 0.2) is 0 Å². The fraction of sp³-hybridized carbons (Fsp3) is 0.200. The standard InChI is InChI=1S/C20H21N3O2/c1-15(22-20(24)14-23-13-5-12-21-23)16-8-10-17(11-9-16)18-6-3-4-7-19(18)25-2/h3-13,15H,14H2,1-2H3,(H,22,24)/t15-/m0/s1. The first-order valence-electron chi connectivity index (χ1n) is 8.17. The summed E-state index contributed by atoms with van der Waals surface area (Å²) < 4.78 is 7.02. The van der Waals surface area contributed by atoms with Crippen LogP contribution in [-0.4, -0.2) is 22.8 Å². The molecule has 3 aromatic rings. The Labute approximate surface area is 147 Å². The Bertz CT molecular complexity index is 826. The highest BCUT2D eigenvalue weighted by molar-refractivity contribution is 5.76. The van der Waals surface area contributed by atoms with E-state index in [-0.39, 0.29) is 18.5 Å². The molecule has 0 unspecified atom stereocenters. The highest BCUT2D eigenvalue weighted by Crippen LogP contribution is 2.30. The molecule has 5 nitrogen and oxygen atoms in total.